The lowest BCUT2D eigenvalue weighted by Crippen LogP contribution is -2.40. The number of alkyl halides is 3. The van der Waals surface area contributed by atoms with Gasteiger partial charge in [-0.1, -0.05) is 30.5 Å². The number of nitrogens with one attached hydrogen (secondary N) is 1. The van der Waals surface area contributed by atoms with Crippen LogP contribution in [0.5, 0.6) is 0 Å². The van der Waals surface area contributed by atoms with Crippen molar-refractivity contribution < 1.29 is 18.0 Å². The molecule has 0 atom stereocenters. The Labute approximate surface area is 202 Å². The van der Waals surface area contributed by atoms with Crippen LogP contribution in [-0.2, 0) is 17.5 Å². The van der Waals surface area contributed by atoms with E-state index in [1.807, 2.05) is 23.2 Å². The van der Waals surface area contributed by atoms with Gasteiger partial charge in [0.15, 0.2) is 0 Å². The first-order chi connectivity index (χ1) is 16.3. The fraction of sp³-hybridized carbons (Fsp3) is 0.542. The first kappa shape index (κ1) is 24.6. The molecule has 1 N–H and O–H groups in total. The van der Waals surface area contributed by atoms with Crippen molar-refractivity contribution in [3.05, 3.63) is 46.7 Å². The molecular formula is C24H29ClF3N5O. The van der Waals surface area contributed by atoms with Crippen molar-refractivity contribution >= 4 is 29.1 Å². The summed E-state index contributed by atoms with van der Waals surface area (Å²) in [6, 6.07) is 4.93. The van der Waals surface area contributed by atoms with E-state index in [9.17, 15) is 18.0 Å². The van der Waals surface area contributed by atoms with Crippen LogP contribution in [0.2, 0.25) is 5.02 Å². The van der Waals surface area contributed by atoms with Crippen molar-refractivity contribution in [2.45, 2.75) is 51.2 Å². The van der Waals surface area contributed by atoms with E-state index < -0.39 is 11.7 Å². The quantitative estimate of drug-likeness (QED) is 0.628. The number of amides is 1. The van der Waals surface area contributed by atoms with Crippen molar-refractivity contribution in [2.24, 2.45) is 5.92 Å². The van der Waals surface area contributed by atoms with E-state index in [0.29, 0.717) is 38.3 Å². The number of piperidine rings is 1. The molecule has 0 spiro atoms. The molecule has 0 saturated carbocycles. The second-order valence-electron chi connectivity index (χ2n) is 8.93. The van der Waals surface area contributed by atoms with Crippen LogP contribution in [0.25, 0.3) is 0 Å². The molecule has 6 nitrogen and oxygen atoms in total. The Hall–Kier alpha value is -2.55. The molecule has 0 bridgehead atoms. The summed E-state index contributed by atoms with van der Waals surface area (Å²) in [5.41, 5.74) is 0.0783. The van der Waals surface area contributed by atoms with Crippen molar-refractivity contribution in [3.63, 3.8) is 0 Å². The molecule has 2 aromatic heterocycles. The molecule has 2 aliphatic heterocycles. The molecule has 0 radical (unpaired) electrons. The highest BCUT2D eigenvalue weighted by molar-refractivity contribution is 6.33. The Balaban J connectivity index is 1.25. The highest BCUT2D eigenvalue weighted by Gasteiger charge is 2.33. The molecule has 0 unspecified atom stereocenters. The smallest absolute Gasteiger partial charge is 0.357 e. The van der Waals surface area contributed by atoms with Crippen LogP contribution >= 0.6 is 11.6 Å². The standard InChI is InChI=1S/C24H29ClF3N5O/c25-20-13-19(24(26,27)28)16-30-22(20)33-11-7-18(8-12-33)23(34)31-15-17-5-6-21(29-14-17)32-9-3-1-2-4-10-32/h5-6,13-14,16,18H,1-4,7-12,15H2,(H,31,34). The Kier molecular flexibility index (Phi) is 7.80. The van der Waals surface area contributed by atoms with Gasteiger partial charge in [0.05, 0.1) is 10.6 Å². The molecule has 0 aliphatic carbocycles. The van der Waals surface area contributed by atoms with Crippen molar-refractivity contribution in [3.8, 4) is 0 Å². The molecule has 4 rings (SSSR count). The highest BCUT2D eigenvalue weighted by Crippen LogP contribution is 2.34. The van der Waals surface area contributed by atoms with Gasteiger partial charge in [-0.15, -0.1) is 0 Å². The van der Waals surface area contributed by atoms with Gasteiger partial charge >= 0.3 is 6.18 Å². The molecular weight excluding hydrogens is 467 g/mol. The topological polar surface area (TPSA) is 61.4 Å². The number of anilines is 2. The fourth-order valence-electron chi connectivity index (χ4n) is 4.51. The van der Waals surface area contributed by atoms with Gasteiger partial charge in [0.1, 0.15) is 11.6 Å². The number of nitrogens with zero attached hydrogens (tertiary/aromatic N) is 4. The van der Waals surface area contributed by atoms with Gasteiger partial charge in [-0.2, -0.15) is 13.2 Å². The van der Waals surface area contributed by atoms with E-state index in [1.54, 1.807) is 0 Å². The van der Waals surface area contributed by atoms with Crippen LogP contribution in [0.3, 0.4) is 0 Å². The Morgan fingerprint density at radius 2 is 1.71 bits per heavy atom. The number of rotatable bonds is 5. The molecule has 4 heterocycles. The van der Waals surface area contributed by atoms with Gasteiger partial charge in [-0.05, 0) is 43.4 Å². The molecule has 34 heavy (non-hydrogen) atoms. The third kappa shape index (κ3) is 6.11. The Morgan fingerprint density at radius 3 is 2.29 bits per heavy atom. The number of carbonyl (C=O) groups is 1. The zero-order valence-electron chi connectivity index (χ0n) is 19.0. The largest absolute Gasteiger partial charge is 0.417 e. The number of hydrogen-bond acceptors (Lipinski definition) is 5. The Morgan fingerprint density at radius 1 is 1.00 bits per heavy atom. The third-order valence-corrected chi connectivity index (χ3v) is 6.80. The number of halogens is 4. The lowest BCUT2D eigenvalue weighted by Gasteiger charge is -2.32. The zero-order chi connectivity index (χ0) is 24.1. The van der Waals surface area contributed by atoms with Crippen LogP contribution in [0.4, 0.5) is 24.8 Å². The lowest BCUT2D eigenvalue weighted by atomic mass is 9.96. The maximum Gasteiger partial charge on any atom is 0.417 e. The van der Waals surface area contributed by atoms with Crippen LogP contribution in [0.15, 0.2) is 30.6 Å². The van der Waals surface area contributed by atoms with E-state index >= 15 is 0 Å². The molecule has 184 valence electrons. The minimum absolute atomic E-state index is 0.0253. The van der Waals surface area contributed by atoms with Gasteiger partial charge in [0, 0.05) is 51.0 Å². The summed E-state index contributed by atoms with van der Waals surface area (Å²) >= 11 is 6.06. The van der Waals surface area contributed by atoms with Gasteiger partial charge in [0.25, 0.3) is 0 Å². The highest BCUT2D eigenvalue weighted by atomic mass is 35.5. The molecule has 2 aliphatic rings. The Bertz CT molecular complexity index is 970. The molecule has 2 fully saturated rings. The second-order valence-corrected chi connectivity index (χ2v) is 9.34. The zero-order valence-corrected chi connectivity index (χ0v) is 19.7. The van der Waals surface area contributed by atoms with Crippen LogP contribution in [0, 0.1) is 5.92 Å². The summed E-state index contributed by atoms with van der Waals surface area (Å²) in [7, 11) is 0. The number of aromatic nitrogens is 2. The summed E-state index contributed by atoms with van der Waals surface area (Å²) in [5, 5.41) is 2.96. The summed E-state index contributed by atoms with van der Waals surface area (Å²) in [6.45, 7) is 3.49. The van der Waals surface area contributed by atoms with Crippen LogP contribution < -0.4 is 15.1 Å². The van der Waals surface area contributed by atoms with Gasteiger partial charge in [-0.3, -0.25) is 4.79 Å². The average Bonchev–Trinajstić information content (AvgIpc) is 3.12. The molecule has 2 saturated heterocycles. The third-order valence-electron chi connectivity index (χ3n) is 6.52. The van der Waals surface area contributed by atoms with E-state index in [-0.39, 0.29) is 16.8 Å². The normalized spacial score (nSPS) is 18.0. The van der Waals surface area contributed by atoms with Crippen molar-refractivity contribution in [1.82, 2.24) is 15.3 Å². The van der Waals surface area contributed by atoms with Gasteiger partial charge < -0.3 is 15.1 Å². The minimum atomic E-state index is -4.48. The SMILES string of the molecule is O=C(NCc1ccc(N2CCCCCC2)nc1)C1CCN(c2ncc(C(F)(F)F)cc2Cl)CC1. The van der Waals surface area contributed by atoms with E-state index in [1.165, 1.54) is 25.7 Å². The van der Waals surface area contributed by atoms with Crippen LogP contribution in [0.1, 0.15) is 49.7 Å². The minimum Gasteiger partial charge on any atom is -0.357 e. The summed E-state index contributed by atoms with van der Waals surface area (Å²) in [6.07, 6.45) is 4.23. The molecule has 1 amide bonds. The van der Waals surface area contributed by atoms with Crippen LogP contribution in [-0.4, -0.2) is 42.1 Å². The van der Waals surface area contributed by atoms with Gasteiger partial charge in [0.2, 0.25) is 5.91 Å². The number of pyridine rings is 2. The first-order valence-corrected chi connectivity index (χ1v) is 12.1. The molecule has 2 aromatic rings. The predicted molar refractivity (Wildman–Crippen MR) is 126 cm³/mol. The number of hydrogen-bond donors (Lipinski definition) is 1. The fourth-order valence-corrected chi connectivity index (χ4v) is 4.80. The van der Waals surface area contributed by atoms with Gasteiger partial charge in [-0.25, -0.2) is 9.97 Å². The number of carbonyl (C=O) groups excluding carboxylic acids is 1. The second kappa shape index (κ2) is 10.8. The van der Waals surface area contributed by atoms with Crippen molar-refractivity contribution in [2.75, 3.05) is 36.0 Å². The summed E-state index contributed by atoms with van der Waals surface area (Å²) in [5.74, 6) is 1.13. The molecule has 0 aromatic carbocycles. The average molecular weight is 496 g/mol. The first-order valence-electron chi connectivity index (χ1n) is 11.8. The summed E-state index contributed by atoms with van der Waals surface area (Å²) in [4.78, 5) is 25.3. The maximum absolute atomic E-state index is 12.8. The predicted octanol–water partition coefficient (Wildman–Crippen LogP) is 5.06. The lowest BCUT2D eigenvalue weighted by molar-refractivity contribution is -0.137. The molecule has 10 heteroatoms. The van der Waals surface area contributed by atoms with Crippen molar-refractivity contribution in [1.29, 1.82) is 0 Å². The van der Waals surface area contributed by atoms with E-state index in [0.717, 1.165) is 36.7 Å². The summed E-state index contributed by atoms with van der Waals surface area (Å²) < 4.78 is 38.5. The van der Waals surface area contributed by atoms with E-state index in [2.05, 4.69) is 20.2 Å². The maximum atomic E-state index is 12.8. The monoisotopic (exact) mass is 495 g/mol. The van der Waals surface area contributed by atoms with E-state index in [4.69, 9.17) is 11.6 Å².